The first-order valence-electron chi connectivity index (χ1n) is 5.70. The van der Waals surface area contributed by atoms with Crippen LogP contribution in [0.3, 0.4) is 0 Å². The topological polar surface area (TPSA) is 75.4 Å². The lowest BCUT2D eigenvalue weighted by atomic mass is 9.96. The molecule has 17 heavy (non-hydrogen) atoms. The maximum absolute atomic E-state index is 11.9. The number of amides is 2. The molecule has 0 aromatic rings. The number of likely N-dealkylation sites (tertiary alicyclic amines) is 1. The fourth-order valence-electron chi connectivity index (χ4n) is 1.94. The molecule has 0 spiro atoms. The van der Waals surface area contributed by atoms with Crippen LogP contribution in [-0.4, -0.2) is 41.9 Å². The van der Waals surface area contributed by atoms with Crippen LogP contribution in [0.25, 0.3) is 0 Å². The molecular formula is C11H22ClN3O2. The summed E-state index contributed by atoms with van der Waals surface area (Å²) < 4.78 is 0. The van der Waals surface area contributed by atoms with Crippen LogP contribution in [0.15, 0.2) is 0 Å². The summed E-state index contributed by atoms with van der Waals surface area (Å²) in [7, 11) is 1.74. The van der Waals surface area contributed by atoms with E-state index in [0.717, 1.165) is 6.42 Å². The minimum Gasteiger partial charge on any atom is -0.349 e. The molecule has 1 heterocycles. The second-order valence-corrected chi connectivity index (χ2v) is 4.82. The van der Waals surface area contributed by atoms with Crippen molar-refractivity contribution >= 4 is 24.2 Å². The van der Waals surface area contributed by atoms with Gasteiger partial charge in [-0.2, -0.15) is 0 Å². The van der Waals surface area contributed by atoms with Crippen molar-refractivity contribution in [2.24, 2.45) is 5.73 Å². The summed E-state index contributed by atoms with van der Waals surface area (Å²) in [5.41, 5.74) is 5.07. The number of nitrogens with one attached hydrogen (secondary N) is 1. The van der Waals surface area contributed by atoms with Gasteiger partial charge < -0.3 is 16.0 Å². The average molecular weight is 264 g/mol. The lowest BCUT2D eigenvalue weighted by Crippen LogP contribution is -2.54. The molecule has 2 amide bonds. The molecule has 0 aliphatic carbocycles. The minimum atomic E-state index is -0.834. The van der Waals surface area contributed by atoms with E-state index in [-0.39, 0.29) is 30.3 Å². The van der Waals surface area contributed by atoms with E-state index in [0.29, 0.717) is 19.4 Å². The fraction of sp³-hybridized carbons (Fsp3) is 0.818. The summed E-state index contributed by atoms with van der Waals surface area (Å²) in [6.45, 7) is 4.30. The van der Waals surface area contributed by atoms with E-state index in [1.54, 1.807) is 18.9 Å². The standard InChI is InChI=1S/C11H21N3O2.ClH/c1-4-5-11(2,12)10(16)13-8-6-9(15)14(3)7-8;/h8H,4-7,12H2,1-3H3,(H,13,16);1H. The second kappa shape index (κ2) is 6.21. The van der Waals surface area contributed by atoms with E-state index in [4.69, 9.17) is 5.73 Å². The van der Waals surface area contributed by atoms with Crippen LogP contribution in [0.5, 0.6) is 0 Å². The molecule has 1 aliphatic rings. The summed E-state index contributed by atoms with van der Waals surface area (Å²) in [4.78, 5) is 24.8. The highest BCUT2D eigenvalue weighted by Gasteiger charge is 2.33. The predicted molar refractivity (Wildman–Crippen MR) is 68.9 cm³/mol. The van der Waals surface area contributed by atoms with Crippen molar-refractivity contribution in [1.29, 1.82) is 0 Å². The predicted octanol–water partition coefficient (Wildman–Crippen LogP) is 0.273. The summed E-state index contributed by atoms with van der Waals surface area (Å²) >= 11 is 0. The van der Waals surface area contributed by atoms with Gasteiger partial charge in [0, 0.05) is 20.0 Å². The van der Waals surface area contributed by atoms with E-state index in [1.807, 2.05) is 6.92 Å². The molecule has 2 atom stereocenters. The van der Waals surface area contributed by atoms with Gasteiger partial charge in [0.05, 0.1) is 11.6 Å². The zero-order valence-electron chi connectivity index (χ0n) is 10.7. The number of rotatable bonds is 4. The van der Waals surface area contributed by atoms with Gasteiger partial charge in [-0.3, -0.25) is 9.59 Å². The number of nitrogens with zero attached hydrogens (tertiary/aromatic N) is 1. The van der Waals surface area contributed by atoms with Crippen molar-refractivity contribution in [2.75, 3.05) is 13.6 Å². The van der Waals surface area contributed by atoms with Crippen molar-refractivity contribution < 1.29 is 9.59 Å². The number of likely N-dealkylation sites (N-methyl/N-ethyl adjacent to an activating group) is 1. The summed E-state index contributed by atoms with van der Waals surface area (Å²) in [5.74, 6) is -0.0954. The van der Waals surface area contributed by atoms with Crippen molar-refractivity contribution in [3.05, 3.63) is 0 Å². The zero-order chi connectivity index (χ0) is 12.3. The Morgan fingerprint density at radius 3 is 2.65 bits per heavy atom. The van der Waals surface area contributed by atoms with Crippen LogP contribution < -0.4 is 11.1 Å². The zero-order valence-corrected chi connectivity index (χ0v) is 11.5. The van der Waals surface area contributed by atoms with Gasteiger partial charge in [-0.25, -0.2) is 0 Å². The van der Waals surface area contributed by atoms with Gasteiger partial charge in [-0.1, -0.05) is 13.3 Å². The smallest absolute Gasteiger partial charge is 0.240 e. The van der Waals surface area contributed by atoms with Gasteiger partial charge in [0.15, 0.2) is 0 Å². The largest absolute Gasteiger partial charge is 0.349 e. The van der Waals surface area contributed by atoms with Crippen LogP contribution in [0.4, 0.5) is 0 Å². The third kappa shape index (κ3) is 4.16. The first-order chi connectivity index (χ1) is 7.36. The monoisotopic (exact) mass is 263 g/mol. The fourth-order valence-corrected chi connectivity index (χ4v) is 1.94. The third-order valence-corrected chi connectivity index (χ3v) is 2.96. The lowest BCUT2D eigenvalue weighted by Gasteiger charge is -2.25. The van der Waals surface area contributed by atoms with E-state index in [2.05, 4.69) is 5.32 Å². The molecule has 2 unspecified atom stereocenters. The molecule has 1 saturated heterocycles. The van der Waals surface area contributed by atoms with Gasteiger partial charge >= 0.3 is 0 Å². The first-order valence-corrected chi connectivity index (χ1v) is 5.70. The Morgan fingerprint density at radius 2 is 2.24 bits per heavy atom. The van der Waals surface area contributed by atoms with E-state index >= 15 is 0 Å². The molecule has 0 saturated carbocycles. The number of carbonyl (C=O) groups excluding carboxylic acids is 2. The molecule has 3 N–H and O–H groups in total. The third-order valence-electron chi connectivity index (χ3n) is 2.96. The van der Waals surface area contributed by atoms with Gasteiger partial charge in [-0.05, 0) is 13.3 Å². The van der Waals surface area contributed by atoms with Crippen molar-refractivity contribution in [3.8, 4) is 0 Å². The minimum absolute atomic E-state index is 0. The number of hydrogen-bond donors (Lipinski definition) is 2. The van der Waals surface area contributed by atoms with Gasteiger partial charge in [0.2, 0.25) is 11.8 Å². The number of halogens is 1. The maximum atomic E-state index is 11.9. The lowest BCUT2D eigenvalue weighted by molar-refractivity contribution is -0.126. The molecule has 5 nitrogen and oxygen atoms in total. The number of hydrogen-bond acceptors (Lipinski definition) is 3. The van der Waals surface area contributed by atoms with Crippen molar-refractivity contribution in [3.63, 3.8) is 0 Å². The first kappa shape index (κ1) is 16.2. The van der Waals surface area contributed by atoms with Crippen LogP contribution in [0, 0.1) is 0 Å². The Kier molecular flexibility index (Phi) is 5.92. The van der Waals surface area contributed by atoms with E-state index in [9.17, 15) is 9.59 Å². The maximum Gasteiger partial charge on any atom is 0.240 e. The Hall–Kier alpha value is -0.810. The Morgan fingerprint density at radius 1 is 1.65 bits per heavy atom. The molecule has 0 bridgehead atoms. The molecule has 1 fully saturated rings. The highest BCUT2D eigenvalue weighted by atomic mass is 35.5. The van der Waals surface area contributed by atoms with Crippen LogP contribution in [0.2, 0.25) is 0 Å². The van der Waals surface area contributed by atoms with Gasteiger partial charge in [0.25, 0.3) is 0 Å². The van der Waals surface area contributed by atoms with Crippen LogP contribution in [0.1, 0.15) is 33.1 Å². The van der Waals surface area contributed by atoms with Crippen molar-refractivity contribution in [2.45, 2.75) is 44.7 Å². The number of carbonyl (C=O) groups is 2. The molecule has 0 aromatic carbocycles. The van der Waals surface area contributed by atoms with Crippen LogP contribution in [-0.2, 0) is 9.59 Å². The number of nitrogens with two attached hydrogens (primary N) is 1. The molecule has 1 aliphatic heterocycles. The van der Waals surface area contributed by atoms with Crippen molar-refractivity contribution in [1.82, 2.24) is 10.2 Å². The summed E-state index contributed by atoms with van der Waals surface area (Å²) in [6, 6.07) is -0.0928. The molecule has 0 aromatic heterocycles. The summed E-state index contributed by atoms with van der Waals surface area (Å²) in [5, 5.41) is 2.84. The normalized spacial score (nSPS) is 22.9. The Labute approximate surface area is 109 Å². The van der Waals surface area contributed by atoms with Crippen LogP contribution >= 0.6 is 12.4 Å². The molecule has 100 valence electrons. The summed E-state index contributed by atoms with van der Waals surface area (Å²) in [6.07, 6.45) is 1.89. The average Bonchev–Trinajstić information content (AvgIpc) is 2.45. The molecular weight excluding hydrogens is 242 g/mol. The van der Waals surface area contributed by atoms with Gasteiger partial charge in [0.1, 0.15) is 0 Å². The van der Waals surface area contributed by atoms with E-state index in [1.165, 1.54) is 0 Å². The molecule has 0 radical (unpaired) electrons. The molecule has 1 rings (SSSR count). The molecule has 6 heteroatoms. The van der Waals surface area contributed by atoms with E-state index < -0.39 is 5.54 Å². The highest BCUT2D eigenvalue weighted by Crippen LogP contribution is 2.12. The van der Waals surface area contributed by atoms with Gasteiger partial charge in [-0.15, -0.1) is 12.4 Å². The second-order valence-electron chi connectivity index (χ2n) is 4.82. The SMILES string of the molecule is CCCC(C)(N)C(=O)NC1CC(=O)N(C)C1.Cl. The highest BCUT2D eigenvalue weighted by molar-refractivity contribution is 5.87. The Bertz CT molecular complexity index is 294. The quantitative estimate of drug-likeness (QED) is 0.765. The Balaban J connectivity index is 0.00000256.